The lowest BCUT2D eigenvalue weighted by Gasteiger charge is -2.10. The fourth-order valence-corrected chi connectivity index (χ4v) is 2.91. The van der Waals surface area contributed by atoms with Crippen molar-refractivity contribution in [2.75, 3.05) is 12.4 Å². The molecule has 1 amide bonds. The summed E-state index contributed by atoms with van der Waals surface area (Å²) in [6, 6.07) is 14.6. The quantitative estimate of drug-likeness (QED) is 0.604. The first kappa shape index (κ1) is 22.1. The summed E-state index contributed by atoms with van der Waals surface area (Å²) in [6.07, 6.45) is -4.16. The van der Waals surface area contributed by atoms with E-state index in [-0.39, 0.29) is 24.2 Å². The Hall–Kier alpha value is -3.62. The van der Waals surface area contributed by atoms with Gasteiger partial charge in [-0.3, -0.25) is 9.59 Å². The molecule has 0 aliphatic heterocycles. The fourth-order valence-electron chi connectivity index (χ4n) is 2.91. The van der Waals surface area contributed by atoms with Gasteiger partial charge in [-0.05, 0) is 55.0 Å². The molecule has 0 bridgehead atoms. The third-order valence-corrected chi connectivity index (χ3v) is 4.50. The average molecular weight is 431 g/mol. The van der Waals surface area contributed by atoms with Crippen LogP contribution in [0.3, 0.4) is 0 Å². The number of carbonyl (C=O) groups excluding carboxylic acids is 1. The molecular weight excluding hydrogens is 411 g/mol. The van der Waals surface area contributed by atoms with Crippen LogP contribution in [0.15, 0.2) is 65.5 Å². The molecule has 3 rings (SSSR count). The van der Waals surface area contributed by atoms with Crippen molar-refractivity contribution in [3.63, 3.8) is 0 Å². The van der Waals surface area contributed by atoms with Gasteiger partial charge in [0.2, 0.25) is 5.91 Å². The number of ether oxygens (including phenoxy) is 1. The van der Waals surface area contributed by atoms with Crippen molar-refractivity contribution in [2.24, 2.45) is 0 Å². The summed E-state index contributed by atoms with van der Waals surface area (Å²) in [5, 5.41) is 6.77. The van der Waals surface area contributed by atoms with Crippen molar-refractivity contribution < 1.29 is 22.7 Å². The van der Waals surface area contributed by atoms with Gasteiger partial charge in [-0.25, -0.2) is 4.68 Å². The highest BCUT2D eigenvalue weighted by Gasteiger charge is 2.30. The Balaban J connectivity index is 1.60. The van der Waals surface area contributed by atoms with Crippen molar-refractivity contribution in [1.82, 2.24) is 9.78 Å². The van der Waals surface area contributed by atoms with Gasteiger partial charge in [-0.15, -0.1) is 0 Å². The van der Waals surface area contributed by atoms with Crippen molar-refractivity contribution >= 4 is 11.6 Å². The van der Waals surface area contributed by atoms with Crippen LogP contribution in [0, 0.1) is 0 Å². The van der Waals surface area contributed by atoms with Crippen LogP contribution >= 0.6 is 0 Å². The second kappa shape index (κ2) is 9.46. The molecule has 0 saturated carbocycles. The molecule has 1 heterocycles. The van der Waals surface area contributed by atoms with Crippen molar-refractivity contribution in [3.05, 3.63) is 76.6 Å². The summed E-state index contributed by atoms with van der Waals surface area (Å²) >= 11 is 0. The minimum Gasteiger partial charge on any atom is -0.497 e. The zero-order valence-corrected chi connectivity index (χ0v) is 16.6. The smallest absolute Gasteiger partial charge is 0.416 e. The number of alkyl halides is 3. The van der Waals surface area contributed by atoms with Crippen LogP contribution in [0.25, 0.3) is 11.3 Å². The number of methoxy groups -OCH3 is 1. The van der Waals surface area contributed by atoms with Crippen molar-refractivity contribution in [2.45, 2.75) is 25.6 Å². The second-order valence-corrected chi connectivity index (χ2v) is 6.74. The number of hydrogen-bond acceptors (Lipinski definition) is 4. The van der Waals surface area contributed by atoms with Gasteiger partial charge >= 0.3 is 6.18 Å². The largest absolute Gasteiger partial charge is 0.497 e. The second-order valence-electron chi connectivity index (χ2n) is 6.74. The maximum absolute atomic E-state index is 12.8. The molecule has 0 spiro atoms. The third kappa shape index (κ3) is 5.94. The number of aryl methyl sites for hydroxylation is 1. The number of carbonyl (C=O) groups is 1. The Morgan fingerprint density at radius 3 is 2.52 bits per heavy atom. The van der Waals surface area contributed by atoms with Gasteiger partial charge in [-0.1, -0.05) is 6.07 Å². The molecule has 6 nitrogen and oxygen atoms in total. The molecule has 162 valence electrons. The van der Waals surface area contributed by atoms with Crippen LogP contribution in [0.2, 0.25) is 0 Å². The van der Waals surface area contributed by atoms with Crippen molar-refractivity contribution in [1.29, 1.82) is 0 Å². The van der Waals surface area contributed by atoms with Crippen LogP contribution in [-0.4, -0.2) is 22.8 Å². The summed E-state index contributed by atoms with van der Waals surface area (Å²) in [6.45, 7) is 0.193. The molecule has 0 aliphatic rings. The van der Waals surface area contributed by atoms with E-state index in [0.717, 1.165) is 17.7 Å². The first-order chi connectivity index (χ1) is 14.8. The van der Waals surface area contributed by atoms with E-state index in [0.29, 0.717) is 17.9 Å². The monoisotopic (exact) mass is 431 g/mol. The molecule has 2 aromatic carbocycles. The molecule has 3 aromatic rings. The lowest BCUT2D eigenvalue weighted by molar-refractivity contribution is -0.137. The minimum absolute atomic E-state index is 0.0249. The highest BCUT2D eigenvalue weighted by molar-refractivity contribution is 5.90. The molecular formula is C22H20F3N3O3. The van der Waals surface area contributed by atoms with E-state index < -0.39 is 17.6 Å². The van der Waals surface area contributed by atoms with E-state index in [9.17, 15) is 22.8 Å². The van der Waals surface area contributed by atoms with Gasteiger partial charge < -0.3 is 10.1 Å². The van der Waals surface area contributed by atoms with Crippen LogP contribution in [-0.2, 0) is 17.5 Å². The standard InChI is InChI=1S/C22H20F3N3O3/c1-31-18-9-7-15(8-10-18)19-11-12-21(30)28(27-19)13-3-6-20(29)26-17-5-2-4-16(14-17)22(23,24)25/h2,4-5,7-12,14H,3,6,13H2,1H3,(H,26,29). The highest BCUT2D eigenvalue weighted by Crippen LogP contribution is 2.30. The van der Waals surface area contributed by atoms with Crippen LogP contribution < -0.4 is 15.6 Å². The van der Waals surface area contributed by atoms with Gasteiger partial charge in [0, 0.05) is 30.3 Å². The summed E-state index contributed by atoms with van der Waals surface area (Å²) in [5.74, 6) is 0.252. The lowest BCUT2D eigenvalue weighted by atomic mass is 10.1. The lowest BCUT2D eigenvalue weighted by Crippen LogP contribution is -2.23. The zero-order chi connectivity index (χ0) is 22.4. The number of aromatic nitrogens is 2. The van der Waals surface area contributed by atoms with E-state index in [4.69, 9.17) is 4.74 Å². The van der Waals surface area contributed by atoms with Crippen molar-refractivity contribution in [3.8, 4) is 17.0 Å². The van der Waals surface area contributed by atoms with E-state index >= 15 is 0 Å². The Morgan fingerprint density at radius 2 is 1.84 bits per heavy atom. The van der Waals surface area contributed by atoms with Gasteiger partial charge in [0.1, 0.15) is 5.75 Å². The normalized spacial score (nSPS) is 11.2. The van der Waals surface area contributed by atoms with E-state index in [1.807, 2.05) is 12.1 Å². The van der Waals surface area contributed by atoms with Gasteiger partial charge in [-0.2, -0.15) is 18.3 Å². The Morgan fingerprint density at radius 1 is 1.10 bits per heavy atom. The molecule has 1 aromatic heterocycles. The number of benzene rings is 2. The number of nitrogens with one attached hydrogen (secondary N) is 1. The minimum atomic E-state index is -4.48. The first-order valence-electron chi connectivity index (χ1n) is 9.46. The molecule has 0 saturated heterocycles. The molecule has 0 aliphatic carbocycles. The van der Waals surface area contributed by atoms with Gasteiger partial charge in [0.15, 0.2) is 0 Å². The molecule has 0 radical (unpaired) electrons. The van der Waals surface area contributed by atoms with Crippen LogP contribution in [0.4, 0.5) is 18.9 Å². The summed E-state index contributed by atoms with van der Waals surface area (Å²) < 4.78 is 44.7. The fraction of sp³-hybridized carbons (Fsp3) is 0.227. The number of anilines is 1. The number of rotatable bonds is 7. The zero-order valence-electron chi connectivity index (χ0n) is 16.6. The molecule has 0 fully saturated rings. The van der Waals surface area contributed by atoms with Crippen LogP contribution in [0.1, 0.15) is 18.4 Å². The maximum atomic E-state index is 12.8. The number of nitrogens with zero attached hydrogens (tertiary/aromatic N) is 2. The summed E-state index contributed by atoms with van der Waals surface area (Å²) in [7, 11) is 1.57. The molecule has 0 unspecified atom stereocenters. The first-order valence-corrected chi connectivity index (χ1v) is 9.46. The third-order valence-electron chi connectivity index (χ3n) is 4.50. The molecule has 1 N–H and O–H groups in total. The average Bonchev–Trinajstić information content (AvgIpc) is 2.75. The SMILES string of the molecule is COc1ccc(-c2ccc(=O)n(CCCC(=O)Nc3cccc(C(F)(F)F)c3)n2)cc1. The predicted molar refractivity (Wildman–Crippen MR) is 110 cm³/mol. The Kier molecular flexibility index (Phi) is 6.74. The number of halogens is 3. The Bertz CT molecular complexity index is 1110. The van der Waals surface area contributed by atoms with Crippen LogP contribution in [0.5, 0.6) is 5.75 Å². The van der Waals surface area contributed by atoms with E-state index in [2.05, 4.69) is 10.4 Å². The molecule has 9 heteroatoms. The highest BCUT2D eigenvalue weighted by atomic mass is 19.4. The number of hydrogen-bond donors (Lipinski definition) is 1. The van der Waals surface area contributed by atoms with Gasteiger partial charge in [0.05, 0.1) is 18.4 Å². The summed E-state index contributed by atoms with van der Waals surface area (Å²) in [5.41, 5.74) is 0.316. The predicted octanol–water partition coefficient (Wildman–Crippen LogP) is 4.36. The molecule has 31 heavy (non-hydrogen) atoms. The molecule has 0 atom stereocenters. The summed E-state index contributed by atoms with van der Waals surface area (Å²) in [4.78, 5) is 24.2. The van der Waals surface area contributed by atoms with E-state index in [1.165, 1.54) is 22.9 Å². The Labute approximate surface area is 176 Å². The maximum Gasteiger partial charge on any atom is 0.416 e. The van der Waals surface area contributed by atoms with Gasteiger partial charge in [0.25, 0.3) is 5.56 Å². The van der Waals surface area contributed by atoms with E-state index in [1.54, 1.807) is 25.3 Å². The number of amides is 1. The topological polar surface area (TPSA) is 73.2 Å².